The highest BCUT2D eigenvalue weighted by Crippen LogP contribution is 2.22. The molecule has 0 fully saturated rings. The lowest BCUT2D eigenvalue weighted by molar-refractivity contribution is -0.109. The number of benzene rings is 2. The Bertz CT molecular complexity index is 472. The Morgan fingerprint density at radius 2 is 1.67 bits per heavy atom. The maximum Gasteiger partial charge on any atom is 0.221 e. The standard InChI is InChI=1S/C13H12O.CH4N2O/c1-14-13-9-5-8-12(10-13)11-6-3-2-4-7-11;2-3-1-4/h2-10H,1H3;1H,2H2,(H,3,4). The smallest absolute Gasteiger partial charge is 0.221 e. The summed E-state index contributed by atoms with van der Waals surface area (Å²) in [6.07, 6.45) is 0.403. The normalized spacial score (nSPS) is 8.78. The van der Waals surface area contributed by atoms with Crippen molar-refractivity contribution in [2.45, 2.75) is 0 Å². The Hall–Kier alpha value is -2.33. The van der Waals surface area contributed by atoms with Gasteiger partial charge < -0.3 is 4.74 Å². The van der Waals surface area contributed by atoms with E-state index in [0.717, 1.165) is 5.75 Å². The lowest BCUT2D eigenvalue weighted by Crippen LogP contribution is -2.18. The van der Waals surface area contributed by atoms with Gasteiger partial charge in [0, 0.05) is 0 Å². The van der Waals surface area contributed by atoms with E-state index in [1.54, 1.807) is 12.5 Å². The fourth-order valence-electron chi connectivity index (χ4n) is 1.43. The van der Waals surface area contributed by atoms with Crippen LogP contribution in [0.3, 0.4) is 0 Å². The summed E-state index contributed by atoms with van der Waals surface area (Å²) in [4.78, 5) is 8.94. The van der Waals surface area contributed by atoms with E-state index in [4.69, 9.17) is 9.53 Å². The van der Waals surface area contributed by atoms with Gasteiger partial charge in [0.2, 0.25) is 6.41 Å². The van der Waals surface area contributed by atoms with Crippen LogP contribution in [0.15, 0.2) is 54.6 Å². The predicted molar refractivity (Wildman–Crippen MR) is 71.8 cm³/mol. The highest BCUT2D eigenvalue weighted by Gasteiger charge is 1.97. The average molecular weight is 244 g/mol. The van der Waals surface area contributed by atoms with Crippen LogP contribution in [0.4, 0.5) is 0 Å². The fourth-order valence-corrected chi connectivity index (χ4v) is 1.43. The quantitative estimate of drug-likeness (QED) is 0.375. The van der Waals surface area contributed by atoms with Crippen molar-refractivity contribution in [3.63, 3.8) is 0 Å². The number of carbonyl (C=O) groups is 1. The van der Waals surface area contributed by atoms with Crippen molar-refractivity contribution in [2.24, 2.45) is 5.84 Å². The molecule has 1 amide bonds. The number of hydrazine groups is 1. The summed E-state index contributed by atoms with van der Waals surface area (Å²) in [5, 5.41) is 0. The van der Waals surface area contributed by atoms with E-state index in [2.05, 4.69) is 24.0 Å². The van der Waals surface area contributed by atoms with Crippen molar-refractivity contribution in [1.82, 2.24) is 5.43 Å². The molecule has 0 spiro atoms. The minimum atomic E-state index is 0.403. The zero-order valence-corrected chi connectivity index (χ0v) is 10.2. The molecule has 2 aromatic carbocycles. The van der Waals surface area contributed by atoms with Gasteiger partial charge in [-0.2, -0.15) is 0 Å². The second kappa shape index (κ2) is 7.86. The summed E-state index contributed by atoms with van der Waals surface area (Å²) >= 11 is 0. The van der Waals surface area contributed by atoms with E-state index < -0.39 is 0 Å². The summed E-state index contributed by atoms with van der Waals surface area (Å²) < 4.78 is 5.18. The van der Waals surface area contributed by atoms with Gasteiger partial charge in [-0.25, -0.2) is 5.84 Å². The van der Waals surface area contributed by atoms with Crippen LogP contribution in [0.25, 0.3) is 11.1 Å². The minimum Gasteiger partial charge on any atom is -0.497 e. The summed E-state index contributed by atoms with van der Waals surface area (Å²) in [5.74, 6) is 5.30. The number of hydrogen-bond donors (Lipinski definition) is 2. The van der Waals surface area contributed by atoms with Crippen LogP contribution in [0.1, 0.15) is 0 Å². The van der Waals surface area contributed by atoms with Crippen LogP contribution in [0.2, 0.25) is 0 Å². The van der Waals surface area contributed by atoms with Crippen LogP contribution >= 0.6 is 0 Å². The van der Waals surface area contributed by atoms with Crippen LogP contribution < -0.4 is 16.0 Å². The molecule has 4 nitrogen and oxygen atoms in total. The van der Waals surface area contributed by atoms with E-state index in [1.165, 1.54) is 11.1 Å². The third-order valence-corrected chi connectivity index (χ3v) is 2.24. The Balaban J connectivity index is 0.000000357. The molecule has 0 saturated heterocycles. The van der Waals surface area contributed by atoms with E-state index >= 15 is 0 Å². The van der Waals surface area contributed by atoms with Gasteiger partial charge in [0.1, 0.15) is 5.75 Å². The molecule has 0 aliphatic carbocycles. The van der Waals surface area contributed by atoms with E-state index in [-0.39, 0.29) is 0 Å². The van der Waals surface area contributed by atoms with Gasteiger partial charge in [-0.05, 0) is 23.3 Å². The molecular formula is C14H16N2O2. The predicted octanol–water partition coefficient (Wildman–Crippen LogP) is 1.97. The van der Waals surface area contributed by atoms with Gasteiger partial charge in [-0.15, -0.1) is 0 Å². The molecule has 0 radical (unpaired) electrons. The summed E-state index contributed by atoms with van der Waals surface area (Å²) in [5.41, 5.74) is 4.15. The number of hydrogen-bond acceptors (Lipinski definition) is 3. The molecule has 3 N–H and O–H groups in total. The lowest BCUT2D eigenvalue weighted by atomic mass is 10.1. The summed E-state index contributed by atoms with van der Waals surface area (Å²) in [6.45, 7) is 0. The fraction of sp³-hybridized carbons (Fsp3) is 0.0714. The van der Waals surface area contributed by atoms with Crippen LogP contribution in [-0.4, -0.2) is 13.5 Å². The Morgan fingerprint density at radius 3 is 2.22 bits per heavy atom. The maximum absolute atomic E-state index is 8.94. The SMILES string of the molecule is COc1cccc(-c2ccccc2)c1.NNC=O. The van der Waals surface area contributed by atoms with Gasteiger partial charge >= 0.3 is 0 Å². The largest absolute Gasteiger partial charge is 0.497 e. The van der Waals surface area contributed by atoms with Gasteiger partial charge in [0.25, 0.3) is 0 Å². The molecule has 0 saturated carbocycles. The van der Waals surface area contributed by atoms with Crippen molar-refractivity contribution in [2.75, 3.05) is 7.11 Å². The summed E-state index contributed by atoms with van der Waals surface area (Å²) in [6, 6.07) is 18.3. The van der Waals surface area contributed by atoms with Crippen molar-refractivity contribution >= 4 is 6.41 Å². The van der Waals surface area contributed by atoms with Gasteiger partial charge in [-0.3, -0.25) is 10.2 Å². The number of nitrogens with two attached hydrogens (primary N) is 1. The molecular weight excluding hydrogens is 228 g/mol. The number of nitrogens with one attached hydrogen (secondary N) is 1. The third kappa shape index (κ3) is 4.27. The highest BCUT2D eigenvalue weighted by molar-refractivity contribution is 5.64. The molecule has 2 aromatic rings. The third-order valence-electron chi connectivity index (χ3n) is 2.24. The molecule has 0 bridgehead atoms. The highest BCUT2D eigenvalue weighted by atomic mass is 16.5. The molecule has 18 heavy (non-hydrogen) atoms. The molecule has 0 aliphatic rings. The van der Waals surface area contributed by atoms with Crippen LogP contribution in [-0.2, 0) is 4.79 Å². The summed E-state index contributed by atoms with van der Waals surface area (Å²) in [7, 11) is 1.68. The van der Waals surface area contributed by atoms with E-state index in [9.17, 15) is 0 Å². The molecule has 2 rings (SSSR count). The molecule has 0 aliphatic heterocycles. The van der Waals surface area contributed by atoms with Crippen molar-refractivity contribution in [3.05, 3.63) is 54.6 Å². The van der Waals surface area contributed by atoms with Gasteiger partial charge in [-0.1, -0.05) is 42.5 Å². The molecule has 4 heteroatoms. The van der Waals surface area contributed by atoms with Crippen molar-refractivity contribution in [1.29, 1.82) is 0 Å². The van der Waals surface area contributed by atoms with Crippen molar-refractivity contribution in [3.8, 4) is 16.9 Å². The number of amides is 1. The van der Waals surface area contributed by atoms with Gasteiger partial charge in [0.05, 0.1) is 7.11 Å². The minimum absolute atomic E-state index is 0.403. The Morgan fingerprint density at radius 1 is 1.06 bits per heavy atom. The second-order valence-corrected chi connectivity index (χ2v) is 3.38. The average Bonchev–Trinajstić information content (AvgIpc) is 2.48. The zero-order chi connectivity index (χ0) is 13.2. The number of carbonyl (C=O) groups excluding carboxylic acids is 1. The Labute approximate surface area is 106 Å². The molecule has 0 atom stereocenters. The molecule has 94 valence electrons. The van der Waals surface area contributed by atoms with E-state index in [0.29, 0.717) is 6.41 Å². The number of ether oxygens (including phenoxy) is 1. The first-order valence-electron chi connectivity index (χ1n) is 5.41. The molecule has 0 aromatic heterocycles. The second-order valence-electron chi connectivity index (χ2n) is 3.38. The molecule has 0 unspecified atom stereocenters. The van der Waals surface area contributed by atoms with Gasteiger partial charge in [0.15, 0.2) is 0 Å². The number of methoxy groups -OCH3 is 1. The first kappa shape index (κ1) is 13.7. The Kier molecular flexibility index (Phi) is 6.00. The van der Waals surface area contributed by atoms with E-state index in [1.807, 2.05) is 36.4 Å². The first-order valence-corrected chi connectivity index (χ1v) is 5.41. The number of rotatable bonds is 3. The lowest BCUT2D eigenvalue weighted by Gasteiger charge is -2.03. The van der Waals surface area contributed by atoms with Crippen LogP contribution in [0, 0.1) is 0 Å². The first-order chi connectivity index (χ1) is 8.81. The van der Waals surface area contributed by atoms with Crippen molar-refractivity contribution < 1.29 is 9.53 Å². The maximum atomic E-state index is 8.94. The van der Waals surface area contributed by atoms with Crippen LogP contribution in [0.5, 0.6) is 5.75 Å². The topological polar surface area (TPSA) is 64.3 Å². The monoisotopic (exact) mass is 244 g/mol. The zero-order valence-electron chi connectivity index (χ0n) is 10.2. The molecule has 0 heterocycles.